The molecule has 1 amide bonds. The van der Waals surface area contributed by atoms with Crippen molar-refractivity contribution in [3.63, 3.8) is 0 Å². The molecule has 0 aliphatic heterocycles. The van der Waals surface area contributed by atoms with Crippen molar-refractivity contribution in [3.8, 4) is 0 Å². The van der Waals surface area contributed by atoms with E-state index in [4.69, 9.17) is 4.42 Å². The van der Waals surface area contributed by atoms with E-state index in [0.717, 1.165) is 31.2 Å². The van der Waals surface area contributed by atoms with Crippen molar-refractivity contribution in [3.05, 3.63) is 24.1 Å². The largest absolute Gasteiger partial charge is 0.463 e. The Morgan fingerprint density at radius 1 is 1.35 bits per heavy atom. The van der Waals surface area contributed by atoms with Gasteiger partial charge in [0.1, 0.15) is 5.69 Å². The van der Waals surface area contributed by atoms with Crippen molar-refractivity contribution in [2.75, 3.05) is 6.54 Å². The van der Waals surface area contributed by atoms with E-state index in [0.29, 0.717) is 17.8 Å². The Morgan fingerprint density at radius 2 is 2.10 bits per heavy atom. The minimum atomic E-state index is -0.752. The van der Waals surface area contributed by atoms with Crippen molar-refractivity contribution in [1.82, 2.24) is 10.3 Å². The SMILES string of the molecule is O=C(NCC1(O)CCCCCC1)c1cc2occc2[nH]1. The number of hydrogen-bond acceptors (Lipinski definition) is 3. The molecule has 1 fully saturated rings. The second-order valence-electron chi connectivity index (χ2n) is 5.70. The van der Waals surface area contributed by atoms with E-state index in [1.54, 1.807) is 18.4 Å². The number of carbonyl (C=O) groups excluding carboxylic acids is 1. The monoisotopic (exact) mass is 276 g/mol. The second-order valence-corrected chi connectivity index (χ2v) is 5.70. The van der Waals surface area contributed by atoms with Gasteiger partial charge in [-0.05, 0) is 12.8 Å². The summed E-state index contributed by atoms with van der Waals surface area (Å²) in [5.74, 6) is -0.200. The molecule has 0 bridgehead atoms. The summed E-state index contributed by atoms with van der Waals surface area (Å²) in [4.78, 5) is 15.1. The first-order valence-electron chi connectivity index (χ1n) is 7.23. The van der Waals surface area contributed by atoms with E-state index in [-0.39, 0.29) is 5.91 Å². The molecule has 3 N–H and O–H groups in total. The van der Waals surface area contributed by atoms with Crippen LogP contribution in [0.25, 0.3) is 11.1 Å². The molecule has 2 aromatic heterocycles. The summed E-state index contributed by atoms with van der Waals surface area (Å²) in [6.07, 6.45) is 7.51. The molecule has 20 heavy (non-hydrogen) atoms. The minimum absolute atomic E-state index is 0.200. The highest BCUT2D eigenvalue weighted by Gasteiger charge is 2.28. The number of fused-ring (bicyclic) bond motifs is 1. The zero-order valence-electron chi connectivity index (χ0n) is 11.4. The third kappa shape index (κ3) is 2.72. The molecule has 3 rings (SSSR count). The van der Waals surface area contributed by atoms with Crippen molar-refractivity contribution in [1.29, 1.82) is 0 Å². The van der Waals surface area contributed by atoms with Crippen LogP contribution in [0.15, 0.2) is 22.8 Å². The van der Waals surface area contributed by atoms with E-state index in [2.05, 4.69) is 10.3 Å². The molecule has 108 valence electrons. The molecule has 1 aliphatic rings. The number of furan rings is 1. The fourth-order valence-corrected chi connectivity index (χ4v) is 2.87. The Labute approximate surface area is 117 Å². The van der Waals surface area contributed by atoms with Crippen LogP contribution in [0, 0.1) is 0 Å². The van der Waals surface area contributed by atoms with Gasteiger partial charge in [-0.25, -0.2) is 0 Å². The van der Waals surface area contributed by atoms with E-state index in [9.17, 15) is 9.90 Å². The van der Waals surface area contributed by atoms with Crippen LogP contribution in [-0.4, -0.2) is 28.1 Å². The molecule has 1 saturated carbocycles. The van der Waals surface area contributed by atoms with Crippen molar-refractivity contribution in [2.24, 2.45) is 0 Å². The van der Waals surface area contributed by atoms with Crippen LogP contribution in [0.2, 0.25) is 0 Å². The Kier molecular flexibility index (Phi) is 3.53. The van der Waals surface area contributed by atoms with Gasteiger partial charge in [0.25, 0.3) is 5.91 Å². The summed E-state index contributed by atoms with van der Waals surface area (Å²) in [5, 5.41) is 13.3. The number of hydrogen-bond donors (Lipinski definition) is 3. The number of amides is 1. The standard InChI is InChI=1S/C15H20N2O3/c18-14(12-9-13-11(17-12)5-8-20-13)16-10-15(19)6-3-1-2-4-7-15/h5,8-9,17,19H,1-4,6-7,10H2,(H,16,18). The average molecular weight is 276 g/mol. The van der Waals surface area contributed by atoms with E-state index in [1.165, 1.54) is 12.8 Å². The van der Waals surface area contributed by atoms with E-state index in [1.807, 2.05) is 0 Å². The Bertz CT molecular complexity index is 563. The van der Waals surface area contributed by atoms with Gasteiger partial charge >= 0.3 is 0 Å². The molecule has 5 nitrogen and oxygen atoms in total. The van der Waals surface area contributed by atoms with Crippen LogP contribution in [-0.2, 0) is 0 Å². The van der Waals surface area contributed by atoms with Gasteiger partial charge in [0.15, 0.2) is 5.58 Å². The van der Waals surface area contributed by atoms with Crippen LogP contribution >= 0.6 is 0 Å². The van der Waals surface area contributed by atoms with Crippen LogP contribution < -0.4 is 5.32 Å². The average Bonchev–Trinajstić information content (AvgIpc) is 2.95. The lowest BCUT2D eigenvalue weighted by atomic mass is 9.94. The zero-order chi connectivity index (χ0) is 14.0. The maximum Gasteiger partial charge on any atom is 0.267 e. The van der Waals surface area contributed by atoms with Crippen LogP contribution in [0.1, 0.15) is 49.0 Å². The predicted octanol–water partition coefficient (Wildman–Crippen LogP) is 2.58. The molecule has 2 heterocycles. The maximum absolute atomic E-state index is 12.1. The number of rotatable bonds is 3. The number of H-pyrrole nitrogens is 1. The normalized spacial score (nSPS) is 18.9. The van der Waals surface area contributed by atoms with E-state index >= 15 is 0 Å². The number of aromatic nitrogens is 1. The molecule has 0 saturated heterocycles. The predicted molar refractivity (Wildman–Crippen MR) is 75.5 cm³/mol. The third-order valence-electron chi connectivity index (χ3n) is 4.10. The summed E-state index contributed by atoms with van der Waals surface area (Å²) in [5.41, 5.74) is 1.20. The van der Waals surface area contributed by atoms with Crippen molar-refractivity contribution >= 4 is 17.0 Å². The number of nitrogens with one attached hydrogen (secondary N) is 2. The molecule has 5 heteroatoms. The highest BCUT2D eigenvalue weighted by Crippen LogP contribution is 2.26. The summed E-state index contributed by atoms with van der Waals surface area (Å²) in [6, 6.07) is 3.47. The third-order valence-corrected chi connectivity index (χ3v) is 4.10. The molecular formula is C15H20N2O3. The first-order chi connectivity index (χ1) is 9.66. The van der Waals surface area contributed by atoms with E-state index < -0.39 is 5.60 Å². The molecule has 0 unspecified atom stereocenters. The second kappa shape index (κ2) is 5.32. The number of carbonyl (C=O) groups is 1. The first kappa shape index (κ1) is 13.2. The number of aliphatic hydroxyl groups is 1. The van der Waals surface area contributed by atoms with Crippen LogP contribution in [0.5, 0.6) is 0 Å². The molecule has 1 aliphatic carbocycles. The van der Waals surface area contributed by atoms with Gasteiger partial charge in [0.05, 0.1) is 17.4 Å². The maximum atomic E-state index is 12.1. The van der Waals surface area contributed by atoms with Gasteiger partial charge in [-0.2, -0.15) is 0 Å². The molecular weight excluding hydrogens is 256 g/mol. The van der Waals surface area contributed by atoms with Crippen molar-refractivity contribution < 1.29 is 14.3 Å². The van der Waals surface area contributed by atoms with Crippen LogP contribution in [0.3, 0.4) is 0 Å². The van der Waals surface area contributed by atoms with Crippen LogP contribution in [0.4, 0.5) is 0 Å². The fraction of sp³-hybridized carbons (Fsp3) is 0.533. The van der Waals surface area contributed by atoms with Gasteiger partial charge in [0.2, 0.25) is 0 Å². The Balaban J connectivity index is 1.62. The van der Waals surface area contributed by atoms with Gasteiger partial charge < -0.3 is 19.8 Å². The topological polar surface area (TPSA) is 78.3 Å². The highest BCUT2D eigenvalue weighted by molar-refractivity contribution is 5.96. The van der Waals surface area contributed by atoms with Gasteiger partial charge in [-0.1, -0.05) is 25.7 Å². The first-order valence-corrected chi connectivity index (χ1v) is 7.23. The Morgan fingerprint density at radius 3 is 2.80 bits per heavy atom. The molecule has 0 aromatic carbocycles. The van der Waals surface area contributed by atoms with Crippen molar-refractivity contribution in [2.45, 2.75) is 44.1 Å². The summed E-state index contributed by atoms with van der Waals surface area (Å²) in [7, 11) is 0. The van der Waals surface area contributed by atoms with Gasteiger partial charge in [-0.3, -0.25) is 4.79 Å². The molecule has 2 aromatic rings. The lowest BCUT2D eigenvalue weighted by Crippen LogP contribution is -2.42. The fourth-order valence-electron chi connectivity index (χ4n) is 2.87. The summed E-state index contributed by atoms with van der Waals surface area (Å²) in [6.45, 7) is 0.312. The molecule has 0 atom stereocenters. The lowest BCUT2D eigenvalue weighted by molar-refractivity contribution is 0.0246. The molecule has 0 spiro atoms. The quantitative estimate of drug-likeness (QED) is 0.754. The highest BCUT2D eigenvalue weighted by atomic mass is 16.3. The van der Waals surface area contributed by atoms with Gasteiger partial charge in [0, 0.05) is 18.7 Å². The molecule has 0 radical (unpaired) electrons. The Hall–Kier alpha value is -1.75. The van der Waals surface area contributed by atoms with Gasteiger partial charge in [-0.15, -0.1) is 0 Å². The summed E-state index contributed by atoms with van der Waals surface area (Å²) < 4.78 is 5.22. The lowest BCUT2D eigenvalue weighted by Gasteiger charge is -2.26. The zero-order valence-corrected chi connectivity index (χ0v) is 11.4. The number of aromatic amines is 1. The minimum Gasteiger partial charge on any atom is -0.463 e. The summed E-state index contributed by atoms with van der Waals surface area (Å²) >= 11 is 0. The smallest absolute Gasteiger partial charge is 0.267 e.